The molecule has 1 amide bonds. The van der Waals surface area contributed by atoms with Gasteiger partial charge in [0.1, 0.15) is 6.33 Å². The second-order valence-electron chi connectivity index (χ2n) is 4.80. The number of nitriles is 2. The fraction of sp³-hybridized carbons (Fsp3) is 0.312. The van der Waals surface area contributed by atoms with Crippen LogP contribution < -0.4 is 0 Å². The highest BCUT2D eigenvalue weighted by molar-refractivity contribution is 7.99. The Morgan fingerprint density at radius 2 is 1.83 bits per heavy atom. The number of carbonyl (C=O) groups excluding carboxylic acids is 1. The fourth-order valence-corrected chi connectivity index (χ4v) is 2.87. The number of amides is 1. The number of nitrogens with zero attached hydrogens (tertiary/aromatic N) is 6. The van der Waals surface area contributed by atoms with Gasteiger partial charge in [0.25, 0.3) is 0 Å². The van der Waals surface area contributed by atoms with Crippen molar-refractivity contribution in [2.45, 2.75) is 18.0 Å². The van der Waals surface area contributed by atoms with E-state index in [0.29, 0.717) is 18.2 Å². The number of hydrogen-bond acceptors (Lipinski definition) is 6. The monoisotopic (exact) mass is 340 g/mol. The average Bonchev–Trinajstić information content (AvgIpc) is 3.09. The second-order valence-corrected chi connectivity index (χ2v) is 5.75. The second kappa shape index (κ2) is 9.33. The SMILES string of the molecule is N#CCCN(CCC#N)C(=O)CSc1nncn1-c1ccccc1. The van der Waals surface area contributed by atoms with Gasteiger partial charge >= 0.3 is 0 Å². The van der Waals surface area contributed by atoms with E-state index >= 15 is 0 Å². The van der Waals surface area contributed by atoms with Gasteiger partial charge in [-0.25, -0.2) is 0 Å². The van der Waals surface area contributed by atoms with Crippen molar-refractivity contribution in [1.29, 1.82) is 10.5 Å². The van der Waals surface area contributed by atoms with Crippen molar-refractivity contribution in [3.8, 4) is 17.8 Å². The van der Waals surface area contributed by atoms with Crippen molar-refractivity contribution in [2.75, 3.05) is 18.8 Å². The summed E-state index contributed by atoms with van der Waals surface area (Å²) in [5.74, 6) is 0.0654. The van der Waals surface area contributed by atoms with Gasteiger partial charge in [0.2, 0.25) is 5.91 Å². The van der Waals surface area contributed by atoms with Crippen molar-refractivity contribution in [3.05, 3.63) is 36.7 Å². The highest BCUT2D eigenvalue weighted by Crippen LogP contribution is 2.19. The van der Waals surface area contributed by atoms with Crippen LogP contribution in [0, 0.1) is 22.7 Å². The Balaban J connectivity index is 2.00. The third-order valence-corrected chi connectivity index (χ3v) is 4.14. The minimum absolute atomic E-state index is 0.117. The molecule has 0 saturated heterocycles. The number of rotatable bonds is 8. The number of thioether (sulfide) groups is 1. The van der Waals surface area contributed by atoms with Crippen LogP contribution in [0.25, 0.3) is 5.69 Å². The number of hydrogen-bond donors (Lipinski definition) is 0. The summed E-state index contributed by atoms with van der Waals surface area (Å²) in [5.41, 5.74) is 0.920. The maximum absolute atomic E-state index is 12.3. The zero-order valence-electron chi connectivity index (χ0n) is 13.0. The summed E-state index contributed by atoms with van der Waals surface area (Å²) in [6.45, 7) is 0.673. The Labute approximate surface area is 144 Å². The van der Waals surface area contributed by atoms with E-state index in [2.05, 4.69) is 10.2 Å². The molecule has 1 heterocycles. The molecular weight excluding hydrogens is 324 g/mol. The van der Waals surface area contributed by atoms with E-state index in [4.69, 9.17) is 10.5 Å². The average molecular weight is 340 g/mol. The first kappa shape index (κ1) is 17.5. The smallest absolute Gasteiger partial charge is 0.233 e. The molecule has 0 N–H and O–H groups in total. The molecule has 0 aliphatic rings. The predicted molar refractivity (Wildman–Crippen MR) is 89.1 cm³/mol. The molecule has 0 bridgehead atoms. The summed E-state index contributed by atoms with van der Waals surface area (Å²) >= 11 is 1.28. The Kier molecular flexibility index (Phi) is 6.81. The minimum atomic E-state index is -0.117. The first-order chi connectivity index (χ1) is 11.8. The summed E-state index contributed by atoms with van der Waals surface area (Å²) in [6.07, 6.45) is 2.11. The van der Waals surface area contributed by atoms with Crippen molar-refractivity contribution in [1.82, 2.24) is 19.7 Å². The van der Waals surface area contributed by atoms with E-state index in [9.17, 15) is 4.79 Å². The van der Waals surface area contributed by atoms with Crippen molar-refractivity contribution in [3.63, 3.8) is 0 Å². The third kappa shape index (κ3) is 4.83. The molecule has 2 rings (SSSR count). The first-order valence-corrected chi connectivity index (χ1v) is 8.34. The summed E-state index contributed by atoms with van der Waals surface area (Å²) < 4.78 is 1.81. The minimum Gasteiger partial charge on any atom is -0.340 e. The first-order valence-electron chi connectivity index (χ1n) is 7.36. The van der Waals surface area contributed by atoms with Crippen molar-refractivity contribution >= 4 is 17.7 Å². The molecule has 24 heavy (non-hydrogen) atoms. The molecular formula is C16H16N6OS. The summed E-state index contributed by atoms with van der Waals surface area (Å²) in [4.78, 5) is 13.9. The summed E-state index contributed by atoms with van der Waals surface area (Å²) in [7, 11) is 0. The molecule has 0 atom stereocenters. The van der Waals surface area contributed by atoms with Gasteiger partial charge < -0.3 is 4.90 Å². The molecule has 0 saturated carbocycles. The molecule has 1 aromatic carbocycles. The highest BCUT2D eigenvalue weighted by atomic mass is 32.2. The molecule has 0 aliphatic heterocycles. The number of carbonyl (C=O) groups is 1. The Morgan fingerprint density at radius 1 is 1.17 bits per heavy atom. The van der Waals surface area contributed by atoms with Gasteiger partial charge in [-0.2, -0.15) is 10.5 Å². The van der Waals surface area contributed by atoms with E-state index < -0.39 is 0 Å². The highest BCUT2D eigenvalue weighted by Gasteiger charge is 2.15. The number of para-hydroxylation sites is 1. The molecule has 2 aromatic rings. The Morgan fingerprint density at radius 3 is 2.46 bits per heavy atom. The third-order valence-electron chi connectivity index (χ3n) is 3.22. The van der Waals surface area contributed by atoms with Crippen LogP contribution in [0.1, 0.15) is 12.8 Å². The van der Waals surface area contributed by atoms with Crippen LogP contribution in [0.3, 0.4) is 0 Å². The van der Waals surface area contributed by atoms with Crippen molar-refractivity contribution in [2.24, 2.45) is 0 Å². The lowest BCUT2D eigenvalue weighted by Gasteiger charge is -2.20. The van der Waals surface area contributed by atoms with Crippen molar-refractivity contribution < 1.29 is 4.79 Å². The zero-order chi connectivity index (χ0) is 17.2. The standard InChI is InChI=1S/C16H16N6OS/c17-8-4-10-21(11-5-9-18)15(23)12-24-16-20-19-13-22(16)14-6-2-1-3-7-14/h1-3,6-7,13H,4-5,10-12H2. The van der Waals surface area contributed by atoms with Gasteiger partial charge in [0.15, 0.2) is 5.16 Å². The van der Waals surface area contributed by atoms with Crippen LogP contribution in [-0.4, -0.2) is 44.4 Å². The molecule has 0 spiro atoms. The van der Waals surface area contributed by atoms with E-state index in [1.54, 1.807) is 11.2 Å². The molecule has 0 radical (unpaired) electrons. The topological polar surface area (TPSA) is 98.6 Å². The van der Waals surface area contributed by atoms with Crippen LogP contribution in [-0.2, 0) is 4.79 Å². The Hall–Kier alpha value is -2.84. The lowest BCUT2D eigenvalue weighted by Crippen LogP contribution is -2.34. The largest absolute Gasteiger partial charge is 0.340 e. The van der Waals surface area contributed by atoms with Gasteiger partial charge in [0, 0.05) is 18.8 Å². The van der Waals surface area contributed by atoms with Gasteiger partial charge in [-0.3, -0.25) is 9.36 Å². The molecule has 122 valence electrons. The lowest BCUT2D eigenvalue weighted by atomic mass is 10.3. The van der Waals surface area contributed by atoms with Crippen LogP contribution in [0.2, 0.25) is 0 Å². The van der Waals surface area contributed by atoms with Gasteiger partial charge in [-0.05, 0) is 12.1 Å². The van der Waals surface area contributed by atoms with Gasteiger partial charge in [-0.15, -0.1) is 10.2 Å². The molecule has 7 nitrogen and oxygen atoms in total. The van der Waals surface area contributed by atoms with Gasteiger partial charge in [0.05, 0.1) is 30.7 Å². The van der Waals surface area contributed by atoms with E-state index in [0.717, 1.165) is 5.69 Å². The van der Waals surface area contributed by atoms with Crippen LogP contribution in [0.15, 0.2) is 41.8 Å². The molecule has 0 aliphatic carbocycles. The molecule has 1 aromatic heterocycles. The zero-order valence-corrected chi connectivity index (χ0v) is 13.8. The van der Waals surface area contributed by atoms with E-state index in [-0.39, 0.29) is 24.5 Å². The van der Waals surface area contributed by atoms with E-state index in [1.165, 1.54) is 11.8 Å². The molecule has 0 unspecified atom stereocenters. The normalized spacial score (nSPS) is 9.92. The summed E-state index contributed by atoms with van der Waals surface area (Å²) in [5, 5.41) is 25.9. The lowest BCUT2D eigenvalue weighted by molar-refractivity contribution is -0.128. The fourth-order valence-electron chi connectivity index (χ4n) is 2.04. The summed E-state index contributed by atoms with van der Waals surface area (Å²) in [6, 6.07) is 13.7. The maximum atomic E-state index is 12.3. The van der Waals surface area contributed by atoms with Crippen LogP contribution in [0.4, 0.5) is 0 Å². The maximum Gasteiger partial charge on any atom is 0.233 e. The number of aromatic nitrogens is 3. The molecule has 8 heteroatoms. The Bertz CT molecular complexity index is 728. The molecule has 0 fully saturated rings. The predicted octanol–water partition coefficient (Wildman–Crippen LogP) is 2.02. The van der Waals surface area contributed by atoms with Crippen LogP contribution in [0.5, 0.6) is 0 Å². The number of benzene rings is 1. The van der Waals surface area contributed by atoms with Gasteiger partial charge in [-0.1, -0.05) is 30.0 Å². The van der Waals surface area contributed by atoms with Crippen LogP contribution >= 0.6 is 11.8 Å². The quantitative estimate of drug-likeness (QED) is 0.682. The van der Waals surface area contributed by atoms with E-state index in [1.807, 2.05) is 47.0 Å².